The van der Waals surface area contributed by atoms with Crippen LogP contribution in [0.1, 0.15) is 26.7 Å². The highest BCUT2D eigenvalue weighted by Gasteiger charge is 1.94. The van der Waals surface area contributed by atoms with Crippen molar-refractivity contribution in [3.63, 3.8) is 0 Å². The topological polar surface area (TPSA) is 61.0 Å². The van der Waals surface area contributed by atoms with Gasteiger partial charge in [-0.15, -0.1) is 0 Å². The highest BCUT2D eigenvalue weighted by Crippen LogP contribution is 1.98. The van der Waals surface area contributed by atoms with E-state index < -0.39 is 0 Å². The van der Waals surface area contributed by atoms with Crippen LogP contribution in [0.2, 0.25) is 0 Å². The van der Waals surface area contributed by atoms with Crippen molar-refractivity contribution in [2.45, 2.75) is 26.7 Å². The first-order chi connectivity index (χ1) is 4.77. The normalized spacial score (nSPS) is 15.3. The van der Waals surface area contributed by atoms with Crippen molar-refractivity contribution in [3.8, 4) is 0 Å². The zero-order valence-corrected chi connectivity index (χ0v) is 7.47. The third-order valence-electron chi connectivity index (χ3n) is 1.19. The summed E-state index contributed by atoms with van der Waals surface area (Å²) in [6, 6.07) is 0. The predicted molar refractivity (Wildman–Crippen MR) is 45.6 cm³/mol. The molecule has 0 aromatic carbocycles. The Balaban J connectivity index is 0. The summed E-state index contributed by atoms with van der Waals surface area (Å²) in [5.41, 5.74) is 0. The van der Waals surface area contributed by atoms with Gasteiger partial charge < -0.3 is 15.3 Å². The number of rotatable bonds is 1. The van der Waals surface area contributed by atoms with Gasteiger partial charge in [0.05, 0.1) is 0 Å². The third-order valence-corrected chi connectivity index (χ3v) is 1.19. The minimum Gasteiger partial charge on any atom is -0.412 e. The maximum atomic E-state index is 8.14. The molecular formula is C8H20O3. The fraction of sp³-hybridized carbons (Fsp3) is 1.00. The minimum absolute atomic E-state index is 0. The highest BCUT2D eigenvalue weighted by atomic mass is 16.5. The predicted octanol–water partition coefficient (Wildman–Crippen LogP) is 0.607. The maximum Gasteiger partial charge on any atom is 0.0466 e. The highest BCUT2D eigenvalue weighted by molar-refractivity contribution is 4.43. The second-order valence-electron chi connectivity index (χ2n) is 2.90. The molecule has 1 aliphatic rings. The standard InChI is InChI=1S/C4H8O.C4H10O.H2O/c1-2-4-5-3-1;1-4(2)3-5;/h1-4H2;4-5H,3H2,1-2H3;1H2. The molecule has 1 rings (SSSR count). The first kappa shape index (κ1) is 13.5. The number of hydrogen-bond donors (Lipinski definition) is 1. The molecule has 1 heterocycles. The van der Waals surface area contributed by atoms with E-state index in [1.807, 2.05) is 13.8 Å². The van der Waals surface area contributed by atoms with Crippen molar-refractivity contribution in [2.24, 2.45) is 5.92 Å². The third kappa shape index (κ3) is 13.0. The summed E-state index contributed by atoms with van der Waals surface area (Å²) in [6.07, 6.45) is 2.56. The van der Waals surface area contributed by atoms with Crippen molar-refractivity contribution in [2.75, 3.05) is 19.8 Å². The van der Waals surface area contributed by atoms with Gasteiger partial charge in [0.25, 0.3) is 0 Å². The van der Waals surface area contributed by atoms with E-state index in [4.69, 9.17) is 9.84 Å². The molecule has 1 aliphatic heterocycles. The molecule has 3 nitrogen and oxygen atoms in total. The Kier molecular flexibility index (Phi) is 12.1. The van der Waals surface area contributed by atoms with Crippen molar-refractivity contribution in [1.29, 1.82) is 0 Å². The van der Waals surface area contributed by atoms with Gasteiger partial charge in [0.1, 0.15) is 0 Å². The molecule has 0 unspecified atom stereocenters. The Bertz CT molecular complexity index is 52.7. The molecule has 0 aromatic rings. The molecule has 0 amide bonds. The summed E-state index contributed by atoms with van der Waals surface area (Å²) in [5, 5.41) is 8.14. The summed E-state index contributed by atoms with van der Waals surface area (Å²) in [5.74, 6) is 0.440. The summed E-state index contributed by atoms with van der Waals surface area (Å²) in [4.78, 5) is 0. The quantitative estimate of drug-likeness (QED) is 0.617. The van der Waals surface area contributed by atoms with Crippen LogP contribution in [0.25, 0.3) is 0 Å². The Hall–Kier alpha value is -0.120. The van der Waals surface area contributed by atoms with Gasteiger partial charge in [-0.3, -0.25) is 0 Å². The zero-order chi connectivity index (χ0) is 7.82. The Morgan fingerprint density at radius 2 is 1.64 bits per heavy atom. The van der Waals surface area contributed by atoms with E-state index in [1.165, 1.54) is 12.8 Å². The molecule has 0 spiro atoms. The lowest BCUT2D eigenvalue weighted by Gasteiger charge is -1.90. The Morgan fingerprint density at radius 3 is 1.73 bits per heavy atom. The van der Waals surface area contributed by atoms with E-state index in [0.717, 1.165) is 13.2 Å². The average molecular weight is 164 g/mol. The molecule has 70 valence electrons. The molecule has 0 radical (unpaired) electrons. The summed E-state index contributed by atoms with van der Waals surface area (Å²) >= 11 is 0. The van der Waals surface area contributed by atoms with Gasteiger partial charge in [0, 0.05) is 19.8 Å². The number of hydrogen-bond acceptors (Lipinski definition) is 2. The Morgan fingerprint density at radius 1 is 1.27 bits per heavy atom. The fourth-order valence-electron chi connectivity index (χ4n) is 0.510. The van der Waals surface area contributed by atoms with Gasteiger partial charge in [-0.05, 0) is 18.8 Å². The van der Waals surface area contributed by atoms with Crippen LogP contribution in [0.5, 0.6) is 0 Å². The molecule has 0 bridgehead atoms. The molecule has 0 atom stereocenters. The second-order valence-corrected chi connectivity index (χ2v) is 2.90. The van der Waals surface area contributed by atoms with Crippen molar-refractivity contribution in [3.05, 3.63) is 0 Å². The molecule has 0 aliphatic carbocycles. The summed E-state index contributed by atoms with van der Waals surface area (Å²) in [7, 11) is 0. The van der Waals surface area contributed by atoms with Crippen molar-refractivity contribution < 1.29 is 15.3 Å². The second kappa shape index (κ2) is 9.88. The fourth-order valence-corrected chi connectivity index (χ4v) is 0.510. The van der Waals surface area contributed by atoms with Crippen LogP contribution in [0.3, 0.4) is 0 Å². The summed E-state index contributed by atoms with van der Waals surface area (Å²) < 4.78 is 4.94. The van der Waals surface area contributed by atoms with Crippen LogP contribution in [0.4, 0.5) is 0 Å². The van der Waals surface area contributed by atoms with E-state index >= 15 is 0 Å². The lowest BCUT2D eigenvalue weighted by molar-refractivity contribution is 0.198. The monoisotopic (exact) mass is 164 g/mol. The van der Waals surface area contributed by atoms with Gasteiger partial charge in [-0.25, -0.2) is 0 Å². The molecule has 3 heteroatoms. The first-order valence-corrected chi connectivity index (χ1v) is 3.96. The zero-order valence-electron chi connectivity index (χ0n) is 7.47. The van der Waals surface area contributed by atoms with Gasteiger partial charge in [-0.1, -0.05) is 13.8 Å². The average Bonchev–Trinajstić information content (AvgIpc) is 2.43. The molecule has 1 fully saturated rings. The number of ether oxygens (including phenoxy) is 1. The van der Waals surface area contributed by atoms with E-state index in [0.29, 0.717) is 12.5 Å². The van der Waals surface area contributed by atoms with E-state index in [9.17, 15) is 0 Å². The van der Waals surface area contributed by atoms with E-state index in [-0.39, 0.29) is 5.48 Å². The van der Waals surface area contributed by atoms with Gasteiger partial charge in [0.2, 0.25) is 0 Å². The molecular weight excluding hydrogens is 144 g/mol. The smallest absolute Gasteiger partial charge is 0.0466 e. The maximum absolute atomic E-state index is 8.14. The van der Waals surface area contributed by atoms with Gasteiger partial charge in [0.15, 0.2) is 0 Å². The first-order valence-electron chi connectivity index (χ1n) is 3.96. The molecule has 1 saturated heterocycles. The van der Waals surface area contributed by atoms with E-state index in [2.05, 4.69) is 0 Å². The summed E-state index contributed by atoms with van der Waals surface area (Å²) in [6.45, 7) is 6.25. The molecule has 0 aromatic heterocycles. The largest absolute Gasteiger partial charge is 0.412 e. The van der Waals surface area contributed by atoms with Gasteiger partial charge in [-0.2, -0.15) is 0 Å². The Labute approximate surface area is 68.7 Å². The van der Waals surface area contributed by atoms with E-state index in [1.54, 1.807) is 0 Å². The van der Waals surface area contributed by atoms with Crippen LogP contribution in [0.15, 0.2) is 0 Å². The van der Waals surface area contributed by atoms with Crippen LogP contribution < -0.4 is 0 Å². The SMILES string of the molecule is C1CCOC1.CC(C)CO.O. The van der Waals surface area contributed by atoms with Gasteiger partial charge >= 0.3 is 0 Å². The van der Waals surface area contributed by atoms with Crippen molar-refractivity contribution >= 4 is 0 Å². The number of aliphatic hydroxyl groups excluding tert-OH is 1. The van der Waals surface area contributed by atoms with Crippen LogP contribution >= 0.6 is 0 Å². The minimum atomic E-state index is 0. The molecule has 3 N–H and O–H groups in total. The lowest BCUT2D eigenvalue weighted by atomic mass is 10.2. The molecule has 11 heavy (non-hydrogen) atoms. The van der Waals surface area contributed by atoms with Crippen LogP contribution in [-0.2, 0) is 4.74 Å². The van der Waals surface area contributed by atoms with Crippen molar-refractivity contribution in [1.82, 2.24) is 0 Å². The molecule has 0 saturated carbocycles. The number of aliphatic hydroxyl groups is 1. The lowest BCUT2D eigenvalue weighted by Crippen LogP contribution is -1.90. The van der Waals surface area contributed by atoms with Crippen LogP contribution in [0, 0.1) is 5.92 Å². The van der Waals surface area contributed by atoms with Crippen LogP contribution in [-0.4, -0.2) is 30.4 Å².